The predicted molar refractivity (Wildman–Crippen MR) is 118 cm³/mol. The molecule has 0 unspecified atom stereocenters. The number of primary amides is 1. The van der Waals surface area contributed by atoms with Gasteiger partial charge in [0.2, 0.25) is 5.91 Å². The van der Waals surface area contributed by atoms with E-state index in [0.29, 0.717) is 12.5 Å². The van der Waals surface area contributed by atoms with Gasteiger partial charge < -0.3 is 20.4 Å². The fraction of sp³-hybridized carbons (Fsp3) is 0.318. The van der Waals surface area contributed by atoms with E-state index in [1.165, 1.54) is 0 Å². The van der Waals surface area contributed by atoms with Crippen molar-refractivity contribution < 1.29 is 9.53 Å². The zero-order chi connectivity index (χ0) is 20.2. The Labute approximate surface area is 176 Å². The van der Waals surface area contributed by atoms with Crippen molar-refractivity contribution in [2.24, 2.45) is 11.7 Å². The van der Waals surface area contributed by atoms with Crippen LogP contribution in [0, 0.1) is 5.92 Å². The Hall–Kier alpha value is -3.13. The normalized spacial score (nSPS) is 16.9. The summed E-state index contributed by atoms with van der Waals surface area (Å²) in [7, 11) is 0. The van der Waals surface area contributed by atoms with E-state index in [0.717, 1.165) is 69.9 Å². The van der Waals surface area contributed by atoms with Crippen molar-refractivity contribution in [3.05, 3.63) is 35.8 Å². The van der Waals surface area contributed by atoms with E-state index in [4.69, 9.17) is 15.5 Å². The van der Waals surface area contributed by atoms with Crippen LogP contribution in [-0.2, 0) is 11.3 Å². The fourth-order valence-corrected chi connectivity index (χ4v) is 5.11. The maximum atomic E-state index is 11.9. The number of nitrogens with two attached hydrogens (primary N) is 1. The summed E-state index contributed by atoms with van der Waals surface area (Å²) >= 11 is 1.63. The molecule has 0 spiro atoms. The van der Waals surface area contributed by atoms with Gasteiger partial charge in [0, 0.05) is 35.4 Å². The standard InChI is InChI=1S/C22H21N5O2S/c23-20(28)18(12-2-3-12)25-13-10-16-19-17(11-13)29-8-1-7-27(19)21(26-16)14-4-6-24-22-15(14)5-9-30-22/h4-6,9-12,18,25H,1-3,7-8H2,(H2,23,28)/t18-/m0/s1. The first-order chi connectivity index (χ1) is 14.7. The average Bonchev–Trinajstić information content (AvgIpc) is 3.40. The van der Waals surface area contributed by atoms with E-state index < -0.39 is 0 Å². The molecule has 6 rings (SSSR count). The molecule has 1 aliphatic carbocycles. The maximum Gasteiger partial charge on any atom is 0.240 e. The molecule has 4 aromatic rings. The van der Waals surface area contributed by atoms with Gasteiger partial charge in [-0.3, -0.25) is 4.79 Å². The van der Waals surface area contributed by atoms with E-state index in [-0.39, 0.29) is 11.9 Å². The van der Waals surface area contributed by atoms with E-state index in [2.05, 4.69) is 26.3 Å². The Morgan fingerprint density at radius 3 is 3.07 bits per heavy atom. The Balaban J connectivity index is 1.51. The van der Waals surface area contributed by atoms with Crippen LogP contribution in [0.1, 0.15) is 19.3 Å². The van der Waals surface area contributed by atoms with E-state index in [1.54, 1.807) is 11.3 Å². The molecule has 30 heavy (non-hydrogen) atoms. The fourth-order valence-electron chi connectivity index (χ4n) is 4.35. The van der Waals surface area contributed by atoms with Gasteiger partial charge in [0.05, 0.1) is 12.1 Å². The van der Waals surface area contributed by atoms with Crippen LogP contribution < -0.4 is 15.8 Å². The highest BCUT2D eigenvalue weighted by Crippen LogP contribution is 2.39. The SMILES string of the molecule is NC(=O)[C@@H](Nc1cc2c3c(c1)nc(-c1ccnc4sccc14)n3CCCO2)C1CC1. The summed E-state index contributed by atoms with van der Waals surface area (Å²) in [5.74, 6) is 1.72. The molecule has 152 valence electrons. The number of imidazole rings is 1. The van der Waals surface area contributed by atoms with Gasteiger partial charge in [-0.25, -0.2) is 9.97 Å². The summed E-state index contributed by atoms with van der Waals surface area (Å²) in [6.45, 7) is 1.48. The molecule has 1 aromatic carbocycles. The highest BCUT2D eigenvalue weighted by Gasteiger charge is 2.35. The quantitative estimate of drug-likeness (QED) is 0.513. The molecule has 7 nitrogen and oxygen atoms in total. The highest BCUT2D eigenvalue weighted by atomic mass is 32.1. The molecule has 1 atom stereocenters. The minimum Gasteiger partial charge on any atom is -0.491 e. The lowest BCUT2D eigenvalue weighted by molar-refractivity contribution is -0.119. The second-order valence-electron chi connectivity index (χ2n) is 7.99. The van der Waals surface area contributed by atoms with Gasteiger partial charge in [-0.2, -0.15) is 0 Å². The second kappa shape index (κ2) is 6.70. The van der Waals surface area contributed by atoms with Crippen LogP contribution in [0.2, 0.25) is 0 Å². The first kappa shape index (κ1) is 17.7. The number of aryl methyl sites for hydroxylation is 1. The molecule has 1 amide bonds. The molecule has 3 N–H and O–H groups in total. The first-order valence-electron chi connectivity index (χ1n) is 10.2. The third kappa shape index (κ3) is 2.82. The number of ether oxygens (including phenoxy) is 1. The number of nitrogens with one attached hydrogen (secondary N) is 1. The Kier molecular flexibility index (Phi) is 3.95. The summed E-state index contributed by atoms with van der Waals surface area (Å²) in [4.78, 5) is 22.4. The number of aromatic nitrogens is 3. The Bertz CT molecular complexity index is 1290. The summed E-state index contributed by atoms with van der Waals surface area (Å²) in [6.07, 6.45) is 4.81. The zero-order valence-corrected chi connectivity index (χ0v) is 17.1. The van der Waals surface area contributed by atoms with Gasteiger partial charge in [0.15, 0.2) is 0 Å². The van der Waals surface area contributed by atoms with Crippen LogP contribution in [0.15, 0.2) is 35.8 Å². The van der Waals surface area contributed by atoms with Crippen molar-refractivity contribution in [2.75, 3.05) is 11.9 Å². The number of benzene rings is 1. The van der Waals surface area contributed by atoms with Gasteiger partial charge in [-0.15, -0.1) is 11.3 Å². The number of amides is 1. The van der Waals surface area contributed by atoms with Crippen molar-refractivity contribution in [2.45, 2.75) is 31.8 Å². The predicted octanol–water partition coefficient (Wildman–Crippen LogP) is 3.77. The highest BCUT2D eigenvalue weighted by molar-refractivity contribution is 7.16. The van der Waals surface area contributed by atoms with Crippen LogP contribution in [-0.4, -0.2) is 33.1 Å². The number of carbonyl (C=O) groups is 1. The maximum absolute atomic E-state index is 11.9. The number of pyridine rings is 1. The third-order valence-electron chi connectivity index (χ3n) is 5.92. The van der Waals surface area contributed by atoms with Crippen LogP contribution >= 0.6 is 11.3 Å². The van der Waals surface area contributed by atoms with Crippen molar-refractivity contribution in [1.82, 2.24) is 14.5 Å². The van der Waals surface area contributed by atoms with Crippen LogP contribution in [0.3, 0.4) is 0 Å². The van der Waals surface area contributed by atoms with Crippen molar-refractivity contribution in [3.63, 3.8) is 0 Å². The number of carbonyl (C=O) groups excluding carboxylic acids is 1. The first-order valence-corrected chi connectivity index (χ1v) is 11.1. The lowest BCUT2D eigenvalue weighted by atomic mass is 10.1. The Morgan fingerprint density at radius 2 is 2.23 bits per heavy atom. The van der Waals surface area contributed by atoms with Crippen molar-refractivity contribution in [3.8, 4) is 17.1 Å². The molecular weight excluding hydrogens is 398 g/mol. The second-order valence-corrected chi connectivity index (χ2v) is 8.89. The van der Waals surface area contributed by atoms with Crippen LogP contribution in [0.4, 0.5) is 5.69 Å². The molecule has 0 radical (unpaired) electrons. The monoisotopic (exact) mass is 419 g/mol. The lowest BCUT2D eigenvalue weighted by Crippen LogP contribution is -2.37. The number of anilines is 1. The van der Waals surface area contributed by atoms with Crippen molar-refractivity contribution >= 4 is 44.2 Å². The number of thiophene rings is 1. The largest absolute Gasteiger partial charge is 0.491 e. The van der Waals surface area contributed by atoms with Crippen LogP contribution in [0.5, 0.6) is 5.75 Å². The molecule has 1 saturated carbocycles. The van der Waals surface area contributed by atoms with Gasteiger partial charge in [0.25, 0.3) is 0 Å². The van der Waals surface area contributed by atoms with E-state index >= 15 is 0 Å². The molecule has 2 aliphatic rings. The minimum atomic E-state index is -0.354. The smallest absolute Gasteiger partial charge is 0.240 e. The summed E-state index contributed by atoms with van der Waals surface area (Å²) in [5, 5.41) is 6.51. The number of hydrogen-bond acceptors (Lipinski definition) is 6. The summed E-state index contributed by atoms with van der Waals surface area (Å²) in [5.41, 5.74) is 9.38. The lowest BCUT2D eigenvalue weighted by Gasteiger charge is -2.17. The Morgan fingerprint density at radius 1 is 1.33 bits per heavy atom. The number of fused-ring (bicyclic) bond motifs is 1. The summed E-state index contributed by atoms with van der Waals surface area (Å²) in [6, 6.07) is 7.75. The third-order valence-corrected chi connectivity index (χ3v) is 6.74. The number of rotatable bonds is 5. The molecule has 1 fully saturated rings. The molecule has 8 heteroatoms. The van der Waals surface area contributed by atoms with Gasteiger partial charge in [-0.1, -0.05) is 0 Å². The molecular formula is C22H21N5O2S. The molecule has 1 aliphatic heterocycles. The van der Waals surface area contributed by atoms with E-state index in [1.807, 2.05) is 24.4 Å². The minimum absolute atomic E-state index is 0.313. The molecule has 3 aromatic heterocycles. The number of nitrogens with zero attached hydrogens (tertiary/aromatic N) is 3. The van der Waals surface area contributed by atoms with Gasteiger partial charge >= 0.3 is 0 Å². The summed E-state index contributed by atoms with van der Waals surface area (Å²) < 4.78 is 8.32. The molecule has 0 saturated heterocycles. The van der Waals surface area contributed by atoms with Gasteiger partial charge in [-0.05, 0) is 48.8 Å². The zero-order valence-electron chi connectivity index (χ0n) is 16.3. The van der Waals surface area contributed by atoms with Gasteiger partial charge in [0.1, 0.15) is 28.0 Å². The molecule has 4 heterocycles. The topological polar surface area (TPSA) is 95.1 Å². The number of hydrogen-bond donors (Lipinski definition) is 2. The van der Waals surface area contributed by atoms with E-state index in [9.17, 15) is 4.79 Å². The van der Waals surface area contributed by atoms with Crippen molar-refractivity contribution in [1.29, 1.82) is 0 Å². The average molecular weight is 420 g/mol. The molecule has 0 bridgehead atoms. The van der Waals surface area contributed by atoms with Crippen LogP contribution in [0.25, 0.3) is 32.6 Å².